The highest BCUT2D eigenvalue weighted by molar-refractivity contribution is 9.10. The van der Waals surface area contributed by atoms with Crippen LogP contribution in [0.2, 0.25) is 0 Å². The lowest BCUT2D eigenvalue weighted by Gasteiger charge is -2.44. The van der Waals surface area contributed by atoms with Crippen molar-refractivity contribution in [2.45, 2.75) is 6.04 Å². The summed E-state index contributed by atoms with van der Waals surface area (Å²) in [6.07, 6.45) is 0. The Hall–Kier alpha value is -1.07. The first-order valence-electron chi connectivity index (χ1n) is 6.25. The Kier molecular flexibility index (Phi) is 3.26. The van der Waals surface area contributed by atoms with Gasteiger partial charge in [-0.1, -0.05) is 12.1 Å². The van der Waals surface area contributed by atoms with Gasteiger partial charge in [-0.2, -0.15) is 0 Å². The molecule has 1 aromatic carbocycles. The number of anilines is 1. The van der Waals surface area contributed by atoms with Crippen molar-refractivity contribution in [1.29, 1.82) is 0 Å². The molecule has 3 rings (SSSR count). The second-order valence-corrected chi connectivity index (χ2v) is 5.63. The van der Waals surface area contributed by atoms with E-state index in [2.05, 4.69) is 32.2 Å². The van der Waals surface area contributed by atoms with E-state index in [0.717, 1.165) is 36.3 Å². The average Bonchev–Trinajstić information content (AvgIpc) is 2.39. The van der Waals surface area contributed by atoms with E-state index in [1.54, 1.807) is 0 Å². The quantitative estimate of drug-likeness (QED) is 0.843. The molecule has 1 N–H and O–H groups in total. The molecule has 2 saturated heterocycles. The van der Waals surface area contributed by atoms with Crippen molar-refractivity contribution in [2.24, 2.45) is 0 Å². The van der Waals surface area contributed by atoms with E-state index in [1.807, 2.05) is 23.1 Å². The van der Waals surface area contributed by atoms with Crippen molar-refractivity contribution in [3.63, 3.8) is 0 Å². The number of nitrogens with one attached hydrogen (secondary N) is 1. The van der Waals surface area contributed by atoms with Crippen molar-refractivity contribution in [3.8, 4) is 0 Å². The van der Waals surface area contributed by atoms with Gasteiger partial charge in [-0.25, -0.2) is 0 Å². The molecule has 2 aliphatic heterocycles. The number of carbonyl (C=O) groups excluding carboxylic acids is 1. The molecule has 0 aliphatic carbocycles. The van der Waals surface area contributed by atoms with Crippen LogP contribution in [0, 0.1) is 0 Å². The van der Waals surface area contributed by atoms with Crippen molar-refractivity contribution < 1.29 is 4.79 Å². The van der Waals surface area contributed by atoms with Crippen LogP contribution in [0.5, 0.6) is 0 Å². The Morgan fingerprint density at radius 2 is 2.17 bits per heavy atom. The van der Waals surface area contributed by atoms with Crippen molar-refractivity contribution in [1.82, 2.24) is 10.2 Å². The Morgan fingerprint density at radius 3 is 3.00 bits per heavy atom. The number of piperazine rings is 2. The van der Waals surface area contributed by atoms with E-state index in [0.29, 0.717) is 12.6 Å². The minimum Gasteiger partial charge on any atom is -0.359 e. The van der Waals surface area contributed by atoms with Gasteiger partial charge in [0.15, 0.2) is 0 Å². The van der Waals surface area contributed by atoms with E-state index >= 15 is 0 Å². The molecule has 1 atom stereocenters. The number of hydrogen-bond donors (Lipinski definition) is 1. The van der Waals surface area contributed by atoms with Gasteiger partial charge < -0.3 is 15.1 Å². The largest absolute Gasteiger partial charge is 0.359 e. The standard InChI is InChI=1S/C13H16BrN3O/c14-11-3-1-2-4-12(11)16-8-10-7-15-5-6-17(10)13(18)9-16/h1-4,10,15H,5-9H2. The number of fused-ring (bicyclic) bond motifs is 1. The summed E-state index contributed by atoms with van der Waals surface area (Å²) in [6.45, 7) is 4.04. The van der Waals surface area contributed by atoms with Crippen LogP contribution in [-0.4, -0.2) is 49.6 Å². The van der Waals surface area contributed by atoms with Crippen LogP contribution in [0.1, 0.15) is 0 Å². The zero-order valence-corrected chi connectivity index (χ0v) is 11.7. The third kappa shape index (κ3) is 2.12. The van der Waals surface area contributed by atoms with Gasteiger partial charge in [-0.15, -0.1) is 0 Å². The predicted octanol–water partition coefficient (Wildman–Crippen LogP) is 1.07. The van der Waals surface area contributed by atoms with E-state index in [1.165, 1.54) is 0 Å². The summed E-state index contributed by atoms with van der Waals surface area (Å²) < 4.78 is 1.05. The number of amides is 1. The van der Waals surface area contributed by atoms with Crippen molar-refractivity contribution >= 4 is 27.5 Å². The summed E-state index contributed by atoms with van der Waals surface area (Å²) in [5.41, 5.74) is 1.11. The maximum Gasteiger partial charge on any atom is 0.242 e. The van der Waals surface area contributed by atoms with Gasteiger partial charge in [0.25, 0.3) is 0 Å². The van der Waals surface area contributed by atoms with Crippen LogP contribution in [0.3, 0.4) is 0 Å². The van der Waals surface area contributed by atoms with Crippen LogP contribution in [0.15, 0.2) is 28.7 Å². The lowest BCUT2D eigenvalue weighted by Crippen LogP contribution is -2.63. The molecule has 4 nitrogen and oxygen atoms in total. The normalized spacial score (nSPS) is 24.1. The van der Waals surface area contributed by atoms with Crippen LogP contribution in [-0.2, 0) is 4.79 Å². The molecule has 0 radical (unpaired) electrons. The van der Waals surface area contributed by atoms with Gasteiger partial charge in [0.2, 0.25) is 5.91 Å². The molecule has 18 heavy (non-hydrogen) atoms. The maximum atomic E-state index is 12.2. The molecule has 5 heteroatoms. The van der Waals surface area contributed by atoms with Gasteiger partial charge in [0, 0.05) is 30.7 Å². The minimum absolute atomic E-state index is 0.239. The molecular weight excluding hydrogens is 294 g/mol. The summed E-state index contributed by atoms with van der Waals surface area (Å²) in [6, 6.07) is 8.38. The molecular formula is C13H16BrN3O. The number of halogens is 1. The smallest absolute Gasteiger partial charge is 0.242 e. The van der Waals surface area contributed by atoms with E-state index in [-0.39, 0.29) is 5.91 Å². The number of benzene rings is 1. The van der Waals surface area contributed by atoms with E-state index in [4.69, 9.17) is 0 Å². The molecule has 2 fully saturated rings. The third-order valence-electron chi connectivity index (χ3n) is 3.62. The summed E-state index contributed by atoms with van der Waals surface area (Å²) in [7, 11) is 0. The summed E-state index contributed by atoms with van der Waals surface area (Å²) in [4.78, 5) is 16.3. The molecule has 0 bridgehead atoms. The summed E-state index contributed by atoms with van der Waals surface area (Å²) in [5, 5.41) is 3.36. The average molecular weight is 310 g/mol. The second-order valence-electron chi connectivity index (χ2n) is 4.78. The summed E-state index contributed by atoms with van der Waals surface area (Å²) in [5.74, 6) is 0.239. The monoisotopic (exact) mass is 309 g/mol. The van der Waals surface area contributed by atoms with E-state index in [9.17, 15) is 4.79 Å². The van der Waals surface area contributed by atoms with Gasteiger partial charge in [0.05, 0.1) is 18.3 Å². The number of rotatable bonds is 1. The Balaban J connectivity index is 1.83. The highest BCUT2D eigenvalue weighted by Crippen LogP contribution is 2.28. The molecule has 96 valence electrons. The second kappa shape index (κ2) is 4.90. The van der Waals surface area contributed by atoms with E-state index < -0.39 is 0 Å². The first kappa shape index (κ1) is 12.0. The molecule has 0 saturated carbocycles. The maximum absolute atomic E-state index is 12.2. The first-order valence-corrected chi connectivity index (χ1v) is 7.04. The molecule has 2 aliphatic rings. The fourth-order valence-electron chi connectivity index (χ4n) is 2.72. The van der Waals surface area contributed by atoms with Crippen LogP contribution in [0.25, 0.3) is 0 Å². The first-order chi connectivity index (χ1) is 8.75. The molecule has 0 aromatic heterocycles. The number of hydrogen-bond acceptors (Lipinski definition) is 3. The topological polar surface area (TPSA) is 35.6 Å². The van der Waals surface area contributed by atoms with Gasteiger partial charge in [-0.3, -0.25) is 4.79 Å². The zero-order chi connectivity index (χ0) is 12.5. The van der Waals surface area contributed by atoms with Gasteiger partial charge in [-0.05, 0) is 28.1 Å². The lowest BCUT2D eigenvalue weighted by atomic mass is 10.1. The lowest BCUT2D eigenvalue weighted by molar-refractivity contribution is -0.134. The molecule has 2 heterocycles. The molecule has 0 spiro atoms. The van der Waals surface area contributed by atoms with Crippen molar-refractivity contribution in [3.05, 3.63) is 28.7 Å². The Morgan fingerprint density at radius 1 is 1.33 bits per heavy atom. The van der Waals surface area contributed by atoms with Crippen LogP contribution < -0.4 is 10.2 Å². The molecule has 1 aromatic rings. The van der Waals surface area contributed by atoms with Crippen LogP contribution in [0.4, 0.5) is 5.69 Å². The van der Waals surface area contributed by atoms with Crippen molar-refractivity contribution in [2.75, 3.05) is 37.6 Å². The predicted molar refractivity (Wildman–Crippen MR) is 74.7 cm³/mol. The number of para-hydroxylation sites is 1. The minimum atomic E-state index is 0.239. The molecule has 1 unspecified atom stereocenters. The highest BCUT2D eigenvalue weighted by atomic mass is 79.9. The zero-order valence-electron chi connectivity index (χ0n) is 10.1. The number of nitrogens with zero attached hydrogens (tertiary/aromatic N) is 2. The fraction of sp³-hybridized carbons (Fsp3) is 0.462. The number of carbonyl (C=O) groups is 1. The van der Waals surface area contributed by atoms with Gasteiger partial charge >= 0.3 is 0 Å². The Labute approximate surface area is 115 Å². The summed E-state index contributed by atoms with van der Waals surface area (Å²) >= 11 is 3.56. The third-order valence-corrected chi connectivity index (χ3v) is 4.29. The molecule has 1 amide bonds. The van der Waals surface area contributed by atoms with Gasteiger partial charge in [0.1, 0.15) is 0 Å². The fourth-order valence-corrected chi connectivity index (χ4v) is 3.25. The highest BCUT2D eigenvalue weighted by Gasteiger charge is 2.34. The van der Waals surface area contributed by atoms with Crippen LogP contribution >= 0.6 is 15.9 Å². The SMILES string of the molecule is O=C1CN(c2ccccc2Br)CC2CNCCN12. The Bertz CT molecular complexity index is 465.